The smallest absolute Gasteiger partial charge is 0.307 e. The van der Waals surface area contributed by atoms with Gasteiger partial charge in [-0.1, -0.05) is 23.2 Å². The SMILES string of the molecule is Cn1cncc1CC1C(C(=O)N2CCN=C2Nc2c(Cl)cc(N)cc2Cl)[C@H]1C(=O)O. The number of nitrogens with one attached hydrogen (secondary N) is 1. The number of aliphatic imine (C=N–C) groups is 1. The Morgan fingerprint density at radius 3 is 2.60 bits per heavy atom. The van der Waals surface area contributed by atoms with Crippen LogP contribution in [0, 0.1) is 17.8 Å². The van der Waals surface area contributed by atoms with Crippen LogP contribution in [-0.2, 0) is 23.1 Å². The first kappa shape index (κ1) is 20.5. The minimum absolute atomic E-state index is 0.277. The van der Waals surface area contributed by atoms with Crippen LogP contribution >= 0.6 is 23.2 Å². The van der Waals surface area contributed by atoms with E-state index in [0.717, 1.165) is 5.69 Å². The first-order valence-corrected chi connectivity index (χ1v) is 10.1. The van der Waals surface area contributed by atoms with Crippen molar-refractivity contribution in [2.45, 2.75) is 6.42 Å². The van der Waals surface area contributed by atoms with Crippen molar-refractivity contribution >= 4 is 52.4 Å². The molecule has 0 saturated heterocycles. The lowest BCUT2D eigenvalue weighted by Crippen LogP contribution is -2.40. The highest BCUT2D eigenvalue weighted by atomic mass is 35.5. The predicted octanol–water partition coefficient (Wildman–Crippen LogP) is 2.11. The van der Waals surface area contributed by atoms with Gasteiger partial charge in [0.15, 0.2) is 0 Å². The highest BCUT2D eigenvalue weighted by Gasteiger charge is 2.60. The number of rotatable bonds is 5. The number of hydrogen-bond acceptors (Lipinski definition) is 6. The molecule has 1 aliphatic heterocycles. The summed E-state index contributed by atoms with van der Waals surface area (Å²) in [5.41, 5.74) is 7.42. The normalized spacial score (nSPS) is 22.7. The highest BCUT2D eigenvalue weighted by Crippen LogP contribution is 2.50. The number of carboxylic acid groups (broad SMARTS) is 1. The Balaban J connectivity index is 1.52. The number of benzene rings is 1. The molecule has 4 N–H and O–H groups in total. The molecule has 1 saturated carbocycles. The molecule has 9 nitrogen and oxygen atoms in total. The van der Waals surface area contributed by atoms with E-state index in [2.05, 4.69) is 15.3 Å². The van der Waals surface area contributed by atoms with Crippen molar-refractivity contribution in [1.82, 2.24) is 14.5 Å². The van der Waals surface area contributed by atoms with Crippen molar-refractivity contribution < 1.29 is 14.7 Å². The number of imidazole rings is 1. The van der Waals surface area contributed by atoms with E-state index in [1.54, 1.807) is 24.7 Å². The molecule has 30 heavy (non-hydrogen) atoms. The molecule has 3 atom stereocenters. The molecule has 0 spiro atoms. The number of amides is 1. The van der Waals surface area contributed by atoms with Crippen molar-refractivity contribution in [2.75, 3.05) is 24.1 Å². The molecule has 2 heterocycles. The van der Waals surface area contributed by atoms with E-state index >= 15 is 0 Å². The fourth-order valence-corrected chi connectivity index (χ4v) is 4.50. The standard InChI is InChI=1S/C19H20Cl2N6O3/c1-26-8-23-7-10(26)6-11-14(15(11)18(29)30)17(28)27-3-2-24-19(27)25-16-12(20)4-9(22)5-13(16)21/h4-5,7-8,11,14-15H,2-3,6,22H2,1H3,(H,24,25)(H,29,30)/t11?,14?,15-/m0/s1. The zero-order chi connectivity index (χ0) is 21.6. The monoisotopic (exact) mass is 450 g/mol. The zero-order valence-electron chi connectivity index (χ0n) is 16.0. The summed E-state index contributed by atoms with van der Waals surface area (Å²) in [5.74, 6) is -2.62. The Hall–Kier alpha value is -2.78. The number of carbonyl (C=O) groups excluding carboxylic acids is 1. The van der Waals surface area contributed by atoms with E-state index in [9.17, 15) is 14.7 Å². The lowest BCUT2D eigenvalue weighted by atomic mass is 10.2. The summed E-state index contributed by atoms with van der Waals surface area (Å²) in [6.07, 6.45) is 3.81. The number of nitrogen functional groups attached to an aromatic ring is 1. The van der Waals surface area contributed by atoms with Crippen LogP contribution in [0.2, 0.25) is 10.0 Å². The van der Waals surface area contributed by atoms with Gasteiger partial charge in [-0.25, -0.2) is 4.98 Å². The molecular formula is C19H20Cl2N6O3. The predicted molar refractivity (Wildman–Crippen MR) is 114 cm³/mol. The molecule has 2 aromatic rings. The molecule has 2 unspecified atom stereocenters. The van der Waals surface area contributed by atoms with Crippen molar-refractivity contribution in [1.29, 1.82) is 0 Å². The molecular weight excluding hydrogens is 431 g/mol. The number of hydrogen-bond donors (Lipinski definition) is 3. The first-order valence-electron chi connectivity index (χ1n) is 9.33. The second kappa shape index (κ2) is 7.81. The van der Waals surface area contributed by atoms with Crippen LogP contribution in [0.4, 0.5) is 11.4 Å². The topological polar surface area (TPSA) is 126 Å². The number of halogens is 2. The summed E-state index contributed by atoms with van der Waals surface area (Å²) in [5, 5.41) is 13.2. The van der Waals surface area contributed by atoms with Crippen molar-refractivity contribution in [2.24, 2.45) is 29.8 Å². The first-order chi connectivity index (χ1) is 14.3. The number of aromatic nitrogens is 2. The number of guanidine groups is 1. The van der Waals surface area contributed by atoms with Gasteiger partial charge in [0, 0.05) is 31.2 Å². The fraction of sp³-hybridized carbons (Fsp3) is 0.368. The molecule has 1 aromatic carbocycles. The van der Waals surface area contributed by atoms with E-state index in [0.29, 0.717) is 46.9 Å². The van der Waals surface area contributed by atoms with Crippen LogP contribution < -0.4 is 11.1 Å². The third-order valence-corrected chi connectivity index (χ3v) is 6.10. The van der Waals surface area contributed by atoms with Gasteiger partial charge in [0.1, 0.15) is 0 Å². The molecule has 1 amide bonds. The fourth-order valence-electron chi connectivity index (χ4n) is 3.90. The summed E-state index contributed by atoms with van der Waals surface area (Å²) >= 11 is 12.5. The lowest BCUT2D eigenvalue weighted by molar-refractivity contribution is -0.141. The summed E-state index contributed by atoms with van der Waals surface area (Å²) in [4.78, 5) is 34.8. The second-order valence-corrected chi connectivity index (χ2v) is 8.25. The van der Waals surface area contributed by atoms with Crippen molar-refractivity contribution in [3.8, 4) is 0 Å². The number of aliphatic carboxylic acids is 1. The Kier molecular flexibility index (Phi) is 5.33. The molecule has 1 aromatic heterocycles. The number of nitrogens with zero attached hydrogens (tertiary/aromatic N) is 4. The van der Waals surface area contributed by atoms with E-state index < -0.39 is 17.8 Å². The van der Waals surface area contributed by atoms with Crippen LogP contribution in [0.15, 0.2) is 29.6 Å². The average molecular weight is 451 g/mol. The van der Waals surface area contributed by atoms with E-state index in [-0.39, 0.29) is 11.8 Å². The van der Waals surface area contributed by atoms with Crippen LogP contribution in [0.5, 0.6) is 0 Å². The molecule has 0 radical (unpaired) electrons. The second-order valence-electron chi connectivity index (χ2n) is 7.43. The van der Waals surface area contributed by atoms with Crippen LogP contribution in [-0.4, -0.2) is 50.5 Å². The maximum Gasteiger partial charge on any atom is 0.307 e. The molecule has 0 bridgehead atoms. The number of aryl methyl sites for hydroxylation is 1. The quantitative estimate of drug-likeness (QED) is 0.598. The lowest BCUT2D eigenvalue weighted by Gasteiger charge is -2.21. The summed E-state index contributed by atoms with van der Waals surface area (Å²) in [6, 6.07) is 3.09. The van der Waals surface area contributed by atoms with E-state index in [1.807, 2.05) is 11.6 Å². The minimum Gasteiger partial charge on any atom is -0.481 e. The van der Waals surface area contributed by atoms with Gasteiger partial charge in [0.05, 0.1) is 40.4 Å². The maximum absolute atomic E-state index is 13.2. The summed E-state index contributed by atoms with van der Waals surface area (Å²) < 4.78 is 1.83. The maximum atomic E-state index is 13.2. The molecule has 11 heteroatoms. The van der Waals surface area contributed by atoms with Gasteiger partial charge in [-0.2, -0.15) is 0 Å². The Labute approximate surface area is 182 Å². The summed E-state index contributed by atoms with van der Waals surface area (Å²) in [6.45, 7) is 0.752. The van der Waals surface area contributed by atoms with Crippen molar-refractivity contribution in [3.05, 3.63) is 40.4 Å². The van der Waals surface area contributed by atoms with Crippen molar-refractivity contribution in [3.63, 3.8) is 0 Å². The van der Waals surface area contributed by atoms with Gasteiger partial charge in [-0.3, -0.25) is 19.5 Å². The third kappa shape index (κ3) is 3.70. The number of carbonyl (C=O) groups is 2. The Morgan fingerprint density at radius 1 is 1.30 bits per heavy atom. The molecule has 4 rings (SSSR count). The van der Waals surface area contributed by atoms with Gasteiger partial charge in [-0.05, 0) is 24.5 Å². The highest BCUT2D eigenvalue weighted by molar-refractivity contribution is 6.40. The number of anilines is 2. The van der Waals surface area contributed by atoms with Gasteiger partial charge < -0.3 is 20.7 Å². The largest absolute Gasteiger partial charge is 0.481 e. The van der Waals surface area contributed by atoms with Crippen LogP contribution in [0.25, 0.3) is 0 Å². The van der Waals surface area contributed by atoms with Gasteiger partial charge in [0.25, 0.3) is 0 Å². The van der Waals surface area contributed by atoms with Gasteiger partial charge in [-0.15, -0.1) is 0 Å². The van der Waals surface area contributed by atoms with E-state index in [1.165, 1.54) is 4.90 Å². The Bertz CT molecular complexity index is 1030. The zero-order valence-corrected chi connectivity index (χ0v) is 17.6. The third-order valence-electron chi connectivity index (χ3n) is 5.51. The average Bonchev–Trinajstić information content (AvgIpc) is 2.96. The molecule has 2 aliphatic rings. The molecule has 1 aliphatic carbocycles. The van der Waals surface area contributed by atoms with Crippen LogP contribution in [0.3, 0.4) is 0 Å². The van der Waals surface area contributed by atoms with E-state index in [4.69, 9.17) is 28.9 Å². The molecule has 158 valence electrons. The van der Waals surface area contributed by atoms with Gasteiger partial charge in [0.2, 0.25) is 11.9 Å². The molecule has 1 fully saturated rings. The number of nitrogens with two attached hydrogens (primary N) is 1. The number of carboxylic acids is 1. The Morgan fingerprint density at radius 2 is 2.00 bits per heavy atom. The summed E-state index contributed by atoms with van der Waals surface area (Å²) in [7, 11) is 1.84. The minimum atomic E-state index is -0.976. The van der Waals surface area contributed by atoms with Crippen LogP contribution in [0.1, 0.15) is 5.69 Å². The van der Waals surface area contributed by atoms with Gasteiger partial charge >= 0.3 is 5.97 Å².